The van der Waals surface area contributed by atoms with E-state index < -0.39 is 0 Å². The number of aryl methyl sites for hydroxylation is 1. The summed E-state index contributed by atoms with van der Waals surface area (Å²) in [6, 6.07) is 2.06. The summed E-state index contributed by atoms with van der Waals surface area (Å²) in [5.41, 5.74) is 0. The van der Waals surface area contributed by atoms with Crippen molar-refractivity contribution in [2.75, 3.05) is 10.6 Å². The summed E-state index contributed by atoms with van der Waals surface area (Å²) in [6.45, 7) is 7.81. The van der Waals surface area contributed by atoms with Crippen LogP contribution in [0, 0.1) is 6.92 Å². The number of anilines is 2. The van der Waals surface area contributed by atoms with Crippen molar-refractivity contribution in [3.8, 4) is 0 Å². The molecule has 1 atom stereocenters. The third-order valence-electron chi connectivity index (χ3n) is 2.38. The van der Waals surface area contributed by atoms with Crippen molar-refractivity contribution in [3.63, 3.8) is 0 Å². The van der Waals surface area contributed by atoms with Crippen molar-refractivity contribution >= 4 is 11.6 Å². The van der Waals surface area contributed by atoms with E-state index in [1.165, 1.54) is 6.33 Å². The molecule has 7 heteroatoms. The third kappa shape index (κ3) is 3.64. The van der Waals surface area contributed by atoms with Gasteiger partial charge in [-0.2, -0.15) is 0 Å². The molecule has 2 rings (SSSR count). The zero-order chi connectivity index (χ0) is 13.8. The summed E-state index contributed by atoms with van der Waals surface area (Å²) in [5, 5.41) is 14.2. The van der Waals surface area contributed by atoms with Crippen LogP contribution in [0.4, 0.5) is 11.6 Å². The quantitative estimate of drug-likeness (QED) is 0.853. The Morgan fingerprint density at radius 1 is 1.05 bits per heavy atom. The lowest BCUT2D eigenvalue weighted by molar-refractivity contribution is 0.450. The Balaban J connectivity index is 2.06. The van der Waals surface area contributed by atoms with Gasteiger partial charge in [-0.25, -0.2) is 9.97 Å². The predicted molar refractivity (Wildman–Crippen MR) is 71.9 cm³/mol. The Hall–Kier alpha value is -2.18. The molecule has 0 bridgehead atoms. The molecule has 0 aliphatic carbocycles. The van der Waals surface area contributed by atoms with Crippen LogP contribution in [0.5, 0.6) is 0 Å². The van der Waals surface area contributed by atoms with Gasteiger partial charge in [-0.15, -0.1) is 10.2 Å². The number of nitrogens with zero attached hydrogens (tertiary/aromatic N) is 4. The molecule has 0 saturated carbocycles. The average molecular weight is 262 g/mol. The van der Waals surface area contributed by atoms with E-state index in [4.69, 9.17) is 4.42 Å². The first kappa shape index (κ1) is 13.3. The molecular weight excluding hydrogens is 244 g/mol. The van der Waals surface area contributed by atoms with E-state index in [1.807, 2.05) is 13.0 Å². The molecule has 2 heterocycles. The fourth-order valence-electron chi connectivity index (χ4n) is 1.58. The fraction of sp³-hybridized carbons (Fsp3) is 0.500. The van der Waals surface area contributed by atoms with Gasteiger partial charge in [0.1, 0.15) is 24.0 Å². The molecule has 0 unspecified atom stereocenters. The highest BCUT2D eigenvalue weighted by atomic mass is 16.4. The first-order valence-corrected chi connectivity index (χ1v) is 6.19. The van der Waals surface area contributed by atoms with Crippen molar-refractivity contribution in [1.82, 2.24) is 20.2 Å². The summed E-state index contributed by atoms with van der Waals surface area (Å²) >= 11 is 0. The second-order valence-electron chi connectivity index (χ2n) is 4.61. The van der Waals surface area contributed by atoms with E-state index in [0.29, 0.717) is 23.6 Å². The molecule has 0 saturated heterocycles. The Morgan fingerprint density at radius 2 is 1.74 bits per heavy atom. The van der Waals surface area contributed by atoms with Crippen LogP contribution in [-0.4, -0.2) is 26.2 Å². The second-order valence-corrected chi connectivity index (χ2v) is 4.61. The maximum atomic E-state index is 5.37. The minimum absolute atomic E-state index is 0.108. The highest BCUT2D eigenvalue weighted by molar-refractivity contribution is 5.47. The lowest BCUT2D eigenvalue weighted by Gasteiger charge is -2.13. The Labute approximate surface area is 111 Å². The van der Waals surface area contributed by atoms with Gasteiger partial charge < -0.3 is 15.1 Å². The molecule has 19 heavy (non-hydrogen) atoms. The van der Waals surface area contributed by atoms with Crippen molar-refractivity contribution < 1.29 is 4.42 Å². The molecular formula is C12H18N6O. The van der Waals surface area contributed by atoms with Gasteiger partial charge >= 0.3 is 0 Å². The van der Waals surface area contributed by atoms with Crippen LogP contribution in [0.25, 0.3) is 0 Å². The average Bonchev–Trinajstić information content (AvgIpc) is 2.75. The Morgan fingerprint density at radius 3 is 2.32 bits per heavy atom. The highest BCUT2D eigenvalue weighted by Crippen LogP contribution is 2.17. The Kier molecular flexibility index (Phi) is 3.94. The van der Waals surface area contributed by atoms with Crippen LogP contribution in [0.1, 0.15) is 38.6 Å². The predicted octanol–water partition coefficient (Wildman–Crippen LogP) is 2.16. The third-order valence-corrected chi connectivity index (χ3v) is 2.38. The maximum absolute atomic E-state index is 5.37. The van der Waals surface area contributed by atoms with Gasteiger partial charge in [-0.05, 0) is 20.8 Å². The molecule has 0 fully saturated rings. The minimum Gasteiger partial charge on any atom is -0.423 e. The fourth-order valence-corrected chi connectivity index (χ4v) is 1.58. The molecule has 0 radical (unpaired) electrons. The first-order chi connectivity index (χ1) is 9.04. The molecule has 2 N–H and O–H groups in total. The molecule has 102 valence electrons. The monoisotopic (exact) mass is 262 g/mol. The summed E-state index contributed by atoms with van der Waals surface area (Å²) in [6.07, 6.45) is 1.51. The van der Waals surface area contributed by atoms with E-state index in [-0.39, 0.29) is 6.04 Å². The van der Waals surface area contributed by atoms with E-state index in [0.717, 1.165) is 5.82 Å². The normalized spacial score (nSPS) is 12.5. The zero-order valence-corrected chi connectivity index (χ0v) is 11.5. The first-order valence-electron chi connectivity index (χ1n) is 6.19. The highest BCUT2D eigenvalue weighted by Gasteiger charge is 2.13. The second kappa shape index (κ2) is 5.64. The van der Waals surface area contributed by atoms with E-state index in [9.17, 15) is 0 Å². The molecule has 0 spiro atoms. The molecule has 2 aromatic rings. The number of hydrogen-bond acceptors (Lipinski definition) is 7. The lowest BCUT2D eigenvalue weighted by Crippen LogP contribution is -2.13. The number of aromatic nitrogens is 4. The van der Waals surface area contributed by atoms with Crippen molar-refractivity contribution in [1.29, 1.82) is 0 Å². The maximum Gasteiger partial charge on any atom is 0.238 e. The molecule has 7 nitrogen and oxygen atoms in total. The minimum atomic E-state index is -0.108. The molecule has 0 aliphatic heterocycles. The summed E-state index contributed by atoms with van der Waals surface area (Å²) in [7, 11) is 0. The molecule has 0 amide bonds. The molecule has 0 aliphatic rings. The van der Waals surface area contributed by atoms with E-state index >= 15 is 0 Å². The van der Waals surface area contributed by atoms with Gasteiger partial charge in [0.25, 0.3) is 0 Å². The summed E-state index contributed by atoms with van der Waals surface area (Å²) in [5.74, 6) is 2.57. The van der Waals surface area contributed by atoms with Gasteiger partial charge in [0.05, 0.1) is 0 Å². The van der Waals surface area contributed by atoms with Crippen LogP contribution in [0.15, 0.2) is 16.8 Å². The number of nitrogens with one attached hydrogen (secondary N) is 2. The number of rotatable bonds is 5. The Bertz CT molecular complexity index is 539. The van der Waals surface area contributed by atoms with Gasteiger partial charge in [-0.3, -0.25) is 0 Å². The summed E-state index contributed by atoms with van der Waals surface area (Å²) < 4.78 is 5.37. The largest absolute Gasteiger partial charge is 0.423 e. The van der Waals surface area contributed by atoms with Crippen LogP contribution in [-0.2, 0) is 0 Å². The lowest BCUT2D eigenvalue weighted by atomic mass is 10.3. The molecule has 0 aromatic carbocycles. The van der Waals surface area contributed by atoms with Gasteiger partial charge in [-0.1, -0.05) is 0 Å². The van der Waals surface area contributed by atoms with Crippen molar-refractivity contribution in [2.45, 2.75) is 39.8 Å². The van der Waals surface area contributed by atoms with Gasteiger partial charge in [0.15, 0.2) is 0 Å². The number of hydrogen-bond donors (Lipinski definition) is 2. The van der Waals surface area contributed by atoms with Gasteiger partial charge in [0.2, 0.25) is 11.8 Å². The van der Waals surface area contributed by atoms with E-state index in [2.05, 4.69) is 44.6 Å². The summed E-state index contributed by atoms with van der Waals surface area (Å²) in [4.78, 5) is 8.32. The van der Waals surface area contributed by atoms with Crippen LogP contribution in [0.2, 0.25) is 0 Å². The van der Waals surface area contributed by atoms with Crippen LogP contribution in [0.3, 0.4) is 0 Å². The van der Waals surface area contributed by atoms with Crippen LogP contribution < -0.4 is 10.6 Å². The zero-order valence-electron chi connectivity index (χ0n) is 11.5. The van der Waals surface area contributed by atoms with Gasteiger partial charge in [0, 0.05) is 19.0 Å². The topological polar surface area (TPSA) is 88.8 Å². The standard InChI is InChI=1S/C12H18N6O/c1-7(2)15-10-5-11(14-6-13-10)16-8(3)12-18-17-9(4)19-12/h5-8H,1-4H3,(H2,13,14,15,16)/t8-/m1/s1. The smallest absolute Gasteiger partial charge is 0.238 e. The van der Waals surface area contributed by atoms with Crippen molar-refractivity contribution in [3.05, 3.63) is 24.2 Å². The van der Waals surface area contributed by atoms with E-state index in [1.54, 1.807) is 6.92 Å². The SMILES string of the molecule is Cc1nnc([C@@H](C)Nc2cc(NC(C)C)ncn2)o1. The van der Waals surface area contributed by atoms with Crippen molar-refractivity contribution in [2.24, 2.45) is 0 Å². The van der Waals surface area contributed by atoms with Crippen LogP contribution >= 0.6 is 0 Å². The molecule has 2 aromatic heterocycles.